The van der Waals surface area contributed by atoms with E-state index in [-0.39, 0.29) is 10.3 Å². The van der Waals surface area contributed by atoms with E-state index in [2.05, 4.69) is 0 Å². The third-order valence-electron chi connectivity index (χ3n) is 3.48. The minimum absolute atomic E-state index is 0.263. The second kappa shape index (κ2) is 5.61. The molecule has 21 heavy (non-hydrogen) atoms. The first-order valence-electron chi connectivity index (χ1n) is 6.49. The number of nitrogens with zero attached hydrogens (tertiary/aromatic N) is 1. The van der Waals surface area contributed by atoms with Crippen LogP contribution in [0.4, 0.5) is 0 Å². The van der Waals surface area contributed by atoms with E-state index in [4.69, 9.17) is 16.3 Å². The van der Waals surface area contributed by atoms with E-state index in [1.807, 2.05) is 31.2 Å². The van der Waals surface area contributed by atoms with Gasteiger partial charge in [0.25, 0.3) is 10.0 Å². The third kappa shape index (κ3) is 2.68. The largest absolute Gasteiger partial charge is 0.492 e. The number of para-hydroxylation sites is 1. The lowest BCUT2D eigenvalue weighted by Crippen LogP contribution is -2.34. The summed E-state index contributed by atoms with van der Waals surface area (Å²) >= 11 is 6.94. The van der Waals surface area contributed by atoms with Gasteiger partial charge in [-0.05, 0) is 25.1 Å². The number of hydrogen-bond acceptors (Lipinski definition) is 4. The van der Waals surface area contributed by atoms with Crippen molar-refractivity contribution >= 4 is 33.0 Å². The fourth-order valence-corrected chi connectivity index (χ4v) is 5.64. The zero-order valence-electron chi connectivity index (χ0n) is 11.3. The van der Waals surface area contributed by atoms with E-state index < -0.39 is 10.0 Å². The minimum Gasteiger partial charge on any atom is -0.492 e. The Hall–Kier alpha value is -1.08. The summed E-state index contributed by atoms with van der Waals surface area (Å²) in [6.07, 6.45) is 0. The Balaban J connectivity index is 2.03. The van der Waals surface area contributed by atoms with Gasteiger partial charge in [-0.25, -0.2) is 8.42 Å². The summed E-state index contributed by atoms with van der Waals surface area (Å²) in [5.74, 6) is 0.743. The Kier molecular flexibility index (Phi) is 3.96. The first-order chi connectivity index (χ1) is 10.00. The SMILES string of the molecule is CC1c2ccccc2OCCN1S(=O)(=O)c1ccc(Cl)s1. The molecule has 0 saturated heterocycles. The summed E-state index contributed by atoms with van der Waals surface area (Å²) < 4.78 is 33.4. The van der Waals surface area contributed by atoms with Crippen molar-refractivity contribution in [2.75, 3.05) is 13.2 Å². The lowest BCUT2D eigenvalue weighted by atomic mass is 10.1. The Morgan fingerprint density at radius 1 is 1.29 bits per heavy atom. The van der Waals surface area contributed by atoms with Gasteiger partial charge in [0.05, 0.1) is 10.4 Å². The van der Waals surface area contributed by atoms with Gasteiger partial charge in [0.2, 0.25) is 0 Å². The zero-order valence-corrected chi connectivity index (χ0v) is 13.7. The van der Waals surface area contributed by atoms with Crippen LogP contribution in [0.25, 0.3) is 0 Å². The van der Waals surface area contributed by atoms with Crippen LogP contribution in [0.15, 0.2) is 40.6 Å². The average Bonchev–Trinajstić information content (AvgIpc) is 2.83. The van der Waals surface area contributed by atoms with Gasteiger partial charge in [0.1, 0.15) is 16.6 Å². The molecule has 0 N–H and O–H groups in total. The maximum absolute atomic E-state index is 12.8. The van der Waals surface area contributed by atoms with Gasteiger partial charge in [0.15, 0.2) is 0 Å². The summed E-state index contributed by atoms with van der Waals surface area (Å²) in [5, 5.41) is 0. The number of thiophene rings is 1. The van der Waals surface area contributed by atoms with Gasteiger partial charge in [0, 0.05) is 12.1 Å². The molecule has 0 bridgehead atoms. The first-order valence-corrected chi connectivity index (χ1v) is 9.12. The molecule has 7 heteroatoms. The van der Waals surface area contributed by atoms with Crippen molar-refractivity contribution in [2.45, 2.75) is 17.2 Å². The summed E-state index contributed by atoms with van der Waals surface area (Å²) in [6, 6.07) is 10.4. The van der Waals surface area contributed by atoms with Gasteiger partial charge in [-0.1, -0.05) is 29.8 Å². The van der Waals surface area contributed by atoms with E-state index in [0.717, 1.165) is 22.6 Å². The predicted octanol–water partition coefficient (Wildman–Crippen LogP) is 3.55. The van der Waals surface area contributed by atoms with E-state index in [9.17, 15) is 8.42 Å². The molecule has 0 amide bonds. The lowest BCUT2D eigenvalue weighted by molar-refractivity contribution is 0.278. The molecule has 0 spiro atoms. The molecular weight excluding hydrogens is 330 g/mol. The molecule has 1 aromatic carbocycles. The predicted molar refractivity (Wildman–Crippen MR) is 83.6 cm³/mol. The van der Waals surface area contributed by atoms with Gasteiger partial charge < -0.3 is 4.74 Å². The van der Waals surface area contributed by atoms with Crippen LogP contribution in [-0.4, -0.2) is 25.9 Å². The number of sulfonamides is 1. The van der Waals surface area contributed by atoms with Crippen LogP contribution >= 0.6 is 22.9 Å². The molecule has 1 atom stereocenters. The van der Waals surface area contributed by atoms with Gasteiger partial charge >= 0.3 is 0 Å². The molecule has 2 aromatic rings. The van der Waals surface area contributed by atoms with Crippen molar-refractivity contribution in [3.05, 3.63) is 46.3 Å². The van der Waals surface area contributed by atoms with Gasteiger partial charge in [-0.2, -0.15) is 4.31 Å². The maximum atomic E-state index is 12.8. The molecule has 112 valence electrons. The van der Waals surface area contributed by atoms with Crippen LogP contribution in [-0.2, 0) is 10.0 Å². The summed E-state index contributed by atoms with van der Waals surface area (Å²) in [6.45, 7) is 2.52. The smallest absolute Gasteiger partial charge is 0.253 e. The zero-order chi connectivity index (χ0) is 15.0. The molecular formula is C14H14ClNO3S2. The van der Waals surface area contributed by atoms with Crippen molar-refractivity contribution in [3.63, 3.8) is 0 Å². The fourth-order valence-electron chi connectivity index (χ4n) is 2.43. The molecule has 0 fully saturated rings. The molecule has 0 saturated carbocycles. The molecule has 3 rings (SSSR count). The second-order valence-electron chi connectivity index (χ2n) is 4.74. The van der Waals surface area contributed by atoms with Crippen LogP contribution in [0.5, 0.6) is 5.75 Å². The molecule has 0 radical (unpaired) electrons. The number of benzene rings is 1. The molecule has 4 nitrogen and oxygen atoms in total. The Morgan fingerprint density at radius 3 is 2.76 bits per heavy atom. The van der Waals surface area contributed by atoms with E-state index in [1.54, 1.807) is 12.1 Å². The van der Waals surface area contributed by atoms with Crippen molar-refractivity contribution in [2.24, 2.45) is 0 Å². The first kappa shape index (κ1) is 14.8. The van der Waals surface area contributed by atoms with Gasteiger partial charge in [-0.3, -0.25) is 0 Å². The highest BCUT2D eigenvalue weighted by atomic mass is 35.5. The molecule has 2 heterocycles. The van der Waals surface area contributed by atoms with Crippen molar-refractivity contribution in [3.8, 4) is 5.75 Å². The summed E-state index contributed by atoms with van der Waals surface area (Å²) in [5.41, 5.74) is 0.876. The minimum atomic E-state index is -3.57. The number of rotatable bonds is 2. The highest BCUT2D eigenvalue weighted by Crippen LogP contribution is 2.36. The molecule has 0 aliphatic carbocycles. The molecule has 1 aliphatic heterocycles. The Morgan fingerprint density at radius 2 is 2.05 bits per heavy atom. The normalized spacial score (nSPS) is 19.6. The van der Waals surface area contributed by atoms with Crippen LogP contribution in [0.3, 0.4) is 0 Å². The monoisotopic (exact) mass is 343 g/mol. The van der Waals surface area contributed by atoms with E-state index >= 15 is 0 Å². The topological polar surface area (TPSA) is 46.6 Å². The number of hydrogen-bond donors (Lipinski definition) is 0. The molecule has 1 aromatic heterocycles. The number of ether oxygens (including phenoxy) is 1. The lowest BCUT2D eigenvalue weighted by Gasteiger charge is -2.25. The van der Waals surface area contributed by atoms with Gasteiger partial charge in [-0.15, -0.1) is 11.3 Å². The van der Waals surface area contributed by atoms with Crippen LogP contribution in [0.1, 0.15) is 18.5 Å². The van der Waals surface area contributed by atoms with Crippen LogP contribution in [0, 0.1) is 0 Å². The molecule has 1 unspecified atom stereocenters. The second-order valence-corrected chi connectivity index (χ2v) is 8.57. The van der Waals surface area contributed by atoms with E-state index in [1.165, 1.54) is 4.31 Å². The highest BCUT2D eigenvalue weighted by Gasteiger charge is 2.33. The van der Waals surface area contributed by atoms with Crippen molar-refractivity contribution < 1.29 is 13.2 Å². The standard InChI is InChI=1S/C14H14ClNO3S2/c1-10-11-4-2-3-5-12(11)19-9-8-16(10)21(17,18)14-7-6-13(15)20-14/h2-7,10H,8-9H2,1H3. The number of halogens is 1. The Labute approximate surface area is 133 Å². The molecule has 1 aliphatic rings. The Bertz CT molecular complexity index is 757. The number of fused-ring (bicyclic) bond motifs is 1. The van der Waals surface area contributed by atoms with Crippen molar-refractivity contribution in [1.29, 1.82) is 0 Å². The van der Waals surface area contributed by atoms with Crippen LogP contribution < -0.4 is 4.74 Å². The van der Waals surface area contributed by atoms with Crippen LogP contribution in [0.2, 0.25) is 4.34 Å². The van der Waals surface area contributed by atoms with Crippen molar-refractivity contribution in [1.82, 2.24) is 4.31 Å². The quantitative estimate of drug-likeness (QED) is 0.837. The maximum Gasteiger partial charge on any atom is 0.253 e. The fraction of sp³-hybridized carbons (Fsp3) is 0.286. The third-order valence-corrected chi connectivity index (χ3v) is 7.15. The van der Waals surface area contributed by atoms with E-state index in [0.29, 0.717) is 17.5 Å². The summed E-state index contributed by atoms with van der Waals surface area (Å²) in [4.78, 5) is 0. The highest BCUT2D eigenvalue weighted by molar-refractivity contribution is 7.91. The average molecular weight is 344 g/mol. The summed E-state index contributed by atoms with van der Waals surface area (Å²) in [7, 11) is -3.57.